The summed E-state index contributed by atoms with van der Waals surface area (Å²) in [5.41, 5.74) is 3.43. The van der Waals surface area contributed by atoms with E-state index in [1.54, 1.807) is 12.1 Å². The molecule has 0 atom stereocenters. The fourth-order valence-corrected chi connectivity index (χ4v) is 2.67. The van der Waals surface area contributed by atoms with Crippen LogP contribution in [0.5, 0.6) is 0 Å². The first-order valence-corrected chi connectivity index (χ1v) is 8.67. The zero-order valence-electron chi connectivity index (χ0n) is 14.7. The Bertz CT molecular complexity index is 847. The number of carbonyl (C=O) groups is 3. The molecule has 136 valence electrons. The van der Waals surface area contributed by atoms with Crippen molar-refractivity contribution in [2.24, 2.45) is 0 Å². The van der Waals surface area contributed by atoms with Crippen LogP contribution in [0.15, 0.2) is 40.9 Å². The molecule has 0 aromatic heterocycles. The summed E-state index contributed by atoms with van der Waals surface area (Å²) in [4.78, 5) is 35.0. The Morgan fingerprint density at radius 1 is 1.00 bits per heavy atom. The summed E-state index contributed by atoms with van der Waals surface area (Å²) in [6, 6.07) is 9.98. The minimum Gasteiger partial charge on any atom is -0.452 e. The summed E-state index contributed by atoms with van der Waals surface area (Å²) in [7, 11) is 0. The average Bonchev–Trinajstić information content (AvgIpc) is 2.57. The molecule has 2 aromatic carbocycles. The van der Waals surface area contributed by atoms with Crippen LogP contribution in [0.1, 0.15) is 28.4 Å². The van der Waals surface area contributed by atoms with Gasteiger partial charge in [0.1, 0.15) is 0 Å². The molecule has 0 spiro atoms. The van der Waals surface area contributed by atoms with Gasteiger partial charge in [-0.25, -0.2) is 4.79 Å². The number of halogens is 1. The van der Waals surface area contributed by atoms with Crippen molar-refractivity contribution in [2.75, 3.05) is 17.2 Å². The lowest BCUT2D eigenvalue weighted by Crippen LogP contribution is -2.21. The zero-order valence-corrected chi connectivity index (χ0v) is 16.3. The van der Waals surface area contributed by atoms with Gasteiger partial charge in [0, 0.05) is 22.8 Å². The summed E-state index contributed by atoms with van der Waals surface area (Å²) in [5.74, 6) is -1.23. The molecule has 0 bridgehead atoms. The van der Waals surface area contributed by atoms with E-state index >= 15 is 0 Å². The van der Waals surface area contributed by atoms with Gasteiger partial charge in [0.2, 0.25) is 5.91 Å². The lowest BCUT2D eigenvalue weighted by atomic mass is 10.1. The molecule has 0 fully saturated rings. The molecule has 0 aliphatic carbocycles. The molecule has 6 nitrogen and oxygen atoms in total. The quantitative estimate of drug-likeness (QED) is 0.722. The maximum atomic E-state index is 12.0. The van der Waals surface area contributed by atoms with Crippen molar-refractivity contribution in [3.8, 4) is 0 Å². The highest BCUT2D eigenvalue weighted by Crippen LogP contribution is 2.24. The SMILES string of the molecule is CC(=O)Nc1ccc(C(=O)OCC(=O)Nc2cc(C)c(Br)cc2C)cc1. The van der Waals surface area contributed by atoms with Crippen LogP contribution in [0.3, 0.4) is 0 Å². The smallest absolute Gasteiger partial charge is 0.338 e. The fraction of sp³-hybridized carbons (Fsp3) is 0.211. The van der Waals surface area contributed by atoms with E-state index in [1.807, 2.05) is 26.0 Å². The third kappa shape index (κ3) is 5.42. The highest BCUT2D eigenvalue weighted by atomic mass is 79.9. The van der Waals surface area contributed by atoms with Crippen molar-refractivity contribution in [2.45, 2.75) is 20.8 Å². The standard InChI is InChI=1S/C19H19BrN2O4/c1-11-9-17(12(2)8-16(11)20)22-18(24)10-26-19(25)14-4-6-15(7-5-14)21-13(3)23/h4-9H,10H2,1-3H3,(H,21,23)(H,22,24). The summed E-state index contributed by atoms with van der Waals surface area (Å²) in [6.07, 6.45) is 0. The number of aryl methyl sites for hydroxylation is 2. The monoisotopic (exact) mass is 418 g/mol. The summed E-state index contributed by atoms with van der Waals surface area (Å²) in [5, 5.41) is 5.33. The van der Waals surface area contributed by atoms with E-state index in [0.29, 0.717) is 16.9 Å². The third-order valence-corrected chi connectivity index (χ3v) is 4.41. The largest absolute Gasteiger partial charge is 0.452 e. The van der Waals surface area contributed by atoms with Crippen molar-refractivity contribution >= 4 is 45.1 Å². The number of hydrogen-bond donors (Lipinski definition) is 2. The molecular formula is C19H19BrN2O4. The van der Waals surface area contributed by atoms with E-state index in [4.69, 9.17) is 4.74 Å². The normalized spacial score (nSPS) is 10.2. The maximum Gasteiger partial charge on any atom is 0.338 e. The minimum atomic E-state index is -0.613. The average molecular weight is 419 g/mol. The van der Waals surface area contributed by atoms with E-state index < -0.39 is 11.9 Å². The van der Waals surface area contributed by atoms with E-state index in [0.717, 1.165) is 15.6 Å². The molecule has 7 heteroatoms. The fourth-order valence-electron chi connectivity index (χ4n) is 2.21. The molecule has 2 amide bonds. The number of ether oxygens (including phenoxy) is 1. The minimum absolute atomic E-state index is 0.199. The van der Waals surface area contributed by atoms with Crippen molar-refractivity contribution in [3.05, 3.63) is 57.6 Å². The first-order chi connectivity index (χ1) is 12.3. The number of anilines is 2. The second-order valence-electron chi connectivity index (χ2n) is 5.80. The maximum absolute atomic E-state index is 12.0. The van der Waals surface area contributed by atoms with Gasteiger partial charge in [-0.15, -0.1) is 0 Å². The summed E-state index contributed by atoms with van der Waals surface area (Å²) in [6.45, 7) is 4.81. The first kappa shape index (κ1) is 19.7. The molecule has 2 N–H and O–H groups in total. The second kappa shape index (κ2) is 8.62. The number of hydrogen-bond acceptors (Lipinski definition) is 4. The number of esters is 1. The van der Waals surface area contributed by atoms with Gasteiger partial charge in [-0.3, -0.25) is 9.59 Å². The Balaban J connectivity index is 1.91. The second-order valence-corrected chi connectivity index (χ2v) is 6.65. The van der Waals surface area contributed by atoms with Gasteiger partial charge >= 0.3 is 5.97 Å². The molecule has 0 saturated heterocycles. The molecule has 26 heavy (non-hydrogen) atoms. The molecule has 0 aliphatic rings. The lowest BCUT2D eigenvalue weighted by molar-refractivity contribution is -0.119. The Labute approximate surface area is 160 Å². The molecule has 2 rings (SSSR count). The highest BCUT2D eigenvalue weighted by Gasteiger charge is 2.12. The molecule has 0 heterocycles. The van der Waals surface area contributed by atoms with Crippen molar-refractivity contribution < 1.29 is 19.1 Å². The van der Waals surface area contributed by atoms with Crippen LogP contribution in [0.25, 0.3) is 0 Å². The number of amides is 2. The Morgan fingerprint density at radius 2 is 1.65 bits per heavy atom. The van der Waals surface area contributed by atoms with E-state index in [-0.39, 0.29) is 12.5 Å². The van der Waals surface area contributed by atoms with E-state index in [9.17, 15) is 14.4 Å². The third-order valence-electron chi connectivity index (χ3n) is 3.56. The topological polar surface area (TPSA) is 84.5 Å². The molecule has 2 aromatic rings. The molecule has 0 aliphatic heterocycles. The molecule has 0 saturated carbocycles. The van der Waals surface area contributed by atoms with Gasteiger partial charge in [-0.05, 0) is 61.4 Å². The lowest BCUT2D eigenvalue weighted by Gasteiger charge is -2.11. The van der Waals surface area contributed by atoms with Gasteiger partial charge in [0.05, 0.1) is 5.56 Å². The van der Waals surface area contributed by atoms with Crippen molar-refractivity contribution in [3.63, 3.8) is 0 Å². The van der Waals surface area contributed by atoms with Crippen molar-refractivity contribution in [1.29, 1.82) is 0 Å². The summed E-state index contributed by atoms with van der Waals surface area (Å²) >= 11 is 3.43. The Kier molecular flexibility index (Phi) is 6.52. The van der Waals surface area contributed by atoms with Crippen LogP contribution >= 0.6 is 15.9 Å². The summed E-state index contributed by atoms with van der Waals surface area (Å²) < 4.78 is 5.99. The van der Waals surface area contributed by atoms with Gasteiger partial charge < -0.3 is 15.4 Å². The van der Waals surface area contributed by atoms with Gasteiger partial charge in [0.15, 0.2) is 6.61 Å². The van der Waals surface area contributed by atoms with Gasteiger partial charge in [-0.1, -0.05) is 15.9 Å². The predicted molar refractivity (Wildman–Crippen MR) is 103 cm³/mol. The van der Waals surface area contributed by atoms with Crippen LogP contribution in [-0.2, 0) is 14.3 Å². The number of rotatable bonds is 5. The number of carbonyl (C=O) groups excluding carboxylic acids is 3. The zero-order chi connectivity index (χ0) is 19.3. The van der Waals surface area contributed by atoms with Gasteiger partial charge in [-0.2, -0.15) is 0 Å². The van der Waals surface area contributed by atoms with E-state index in [1.165, 1.54) is 19.1 Å². The van der Waals surface area contributed by atoms with Crippen LogP contribution in [0, 0.1) is 13.8 Å². The highest BCUT2D eigenvalue weighted by molar-refractivity contribution is 9.10. The van der Waals surface area contributed by atoms with Crippen LogP contribution in [0.4, 0.5) is 11.4 Å². The number of benzene rings is 2. The first-order valence-electron chi connectivity index (χ1n) is 7.87. The number of nitrogens with one attached hydrogen (secondary N) is 2. The van der Waals surface area contributed by atoms with E-state index in [2.05, 4.69) is 26.6 Å². The van der Waals surface area contributed by atoms with Crippen LogP contribution in [-0.4, -0.2) is 24.4 Å². The predicted octanol–water partition coefficient (Wildman–Crippen LogP) is 3.82. The van der Waals surface area contributed by atoms with Gasteiger partial charge in [0.25, 0.3) is 5.91 Å². The Hall–Kier alpha value is -2.67. The van der Waals surface area contributed by atoms with Crippen LogP contribution in [0.2, 0.25) is 0 Å². The van der Waals surface area contributed by atoms with Crippen LogP contribution < -0.4 is 10.6 Å². The van der Waals surface area contributed by atoms with Crippen molar-refractivity contribution in [1.82, 2.24) is 0 Å². The molecular weight excluding hydrogens is 400 g/mol. The Morgan fingerprint density at radius 3 is 2.27 bits per heavy atom. The molecule has 0 radical (unpaired) electrons. The molecule has 0 unspecified atom stereocenters.